The van der Waals surface area contributed by atoms with Crippen LogP contribution in [0.1, 0.15) is 28.7 Å². The van der Waals surface area contributed by atoms with Crippen molar-refractivity contribution in [3.05, 3.63) is 98.8 Å². The van der Waals surface area contributed by atoms with Crippen LogP contribution in [0.25, 0.3) is 0 Å². The van der Waals surface area contributed by atoms with Crippen LogP contribution in [-0.2, 0) is 21.7 Å². The third-order valence-electron chi connectivity index (χ3n) is 7.27. The number of para-hydroxylation sites is 1. The topological polar surface area (TPSA) is 53.9 Å². The van der Waals surface area contributed by atoms with Gasteiger partial charge < -0.3 is 15.0 Å². The summed E-state index contributed by atoms with van der Waals surface area (Å²) in [4.78, 5) is 14.2. The number of likely N-dealkylation sites (tertiary alicyclic amines) is 1. The molecular formula is C27H19Cl2F4N3O2S. The van der Waals surface area contributed by atoms with Gasteiger partial charge in [-0.1, -0.05) is 53.5 Å². The van der Waals surface area contributed by atoms with E-state index in [0.29, 0.717) is 36.3 Å². The molecule has 5 nitrogen and oxygen atoms in total. The van der Waals surface area contributed by atoms with Gasteiger partial charge in [-0.15, -0.1) is 0 Å². The number of amides is 2. The fraction of sp³-hybridized carbons (Fsp3) is 0.259. The monoisotopic (exact) mass is 595 g/mol. The first-order valence-corrected chi connectivity index (χ1v) is 13.4. The Morgan fingerprint density at radius 2 is 1.74 bits per heavy atom. The third kappa shape index (κ3) is 4.38. The highest BCUT2D eigenvalue weighted by molar-refractivity contribution is 7.99. The Balaban J connectivity index is 1.20. The maximum Gasteiger partial charge on any atom is 0.409 e. The van der Waals surface area contributed by atoms with E-state index in [0.717, 1.165) is 23.3 Å². The van der Waals surface area contributed by atoms with Crippen molar-refractivity contribution in [1.29, 1.82) is 0 Å². The van der Waals surface area contributed by atoms with Crippen molar-refractivity contribution in [2.24, 2.45) is 4.40 Å². The summed E-state index contributed by atoms with van der Waals surface area (Å²) in [6.45, 7) is 0.988. The second kappa shape index (κ2) is 9.40. The minimum atomic E-state index is -4.72. The van der Waals surface area contributed by atoms with Crippen molar-refractivity contribution < 1.29 is 27.1 Å². The average Bonchev–Trinajstić information content (AvgIpc) is 3.50. The number of hydrogen-bond donors (Lipinski definition) is 1. The number of ether oxygens (including phenoxy) is 1. The number of hydrogen-bond acceptors (Lipinski definition) is 4. The first kappa shape index (κ1) is 26.4. The number of nitrogens with one attached hydrogen (secondary N) is 1. The number of urea groups is 1. The van der Waals surface area contributed by atoms with E-state index in [-0.39, 0.29) is 23.9 Å². The Hall–Kier alpha value is -2.79. The molecule has 3 aromatic rings. The van der Waals surface area contributed by atoms with Gasteiger partial charge >= 0.3 is 12.2 Å². The molecule has 3 heterocycles. The van der Waals surface area contributed by atoms with Gasteiger partial charge in [-0.2, -0.15) is 13.2 Å². The summed E-state index contributed by atoms with van der Waals surface area (Å²) in [6, 6.07) is 16.1. The largest absolute Gasteiger partial charge is 0.409 e. The molecule has 2 amide bonds. The minimum Gasteiger partial charge on any atom is -0.362 e. The lowest BCUT2D eigenvalue weighted by Crippen LogP contribution is -2.62. The Bertz CT molecular complexity index is 1490. The van der Waals surface area contributed by atoms with Gasteiger partial charge in [-0.05, 0) is 64.5 Å². The summed E-state index contributed by atoms with van der Waals surface area (Å²) in [5.74, 6) is -0.969. The second-order valence-corrected chi connectivity index (χ2v) is 11.6. The molecule has 1 fully saturated rings. The van der Waals surface area contributed by atoms with Crippen molar-refractivity contribution >= 4 is 52.6 Å². The number of fused-ring (bicyclic) bond motifs is 2. The molecule has 39 heavy (non-hydrogen) atoms. The standard InChI is InChI=1S/C27H19Cl2F4N3O2S/c28-20-9-17(10-21(29)23(20)30)26(27(31,32)33)11-22(35-39-26)15-6-7-19-16(8-15)12-38-25(19)13-36(14-25)24(37)34-18-4-2-1-3-5-18/h1-10H,11-14H2,(H,34,37). The molecule has 1 unspecified atom stereocenters. The number of alkyl halides is 3. The van der Waals surface area contributed by atoms with Gasteiger partial charge in [0.2, 0.25) is 0 Å². The fourth-order valence-electron chi connectivity index (χ4n) is 5.18. The average molecular weight is 596 g/mol. The molecule has 6 rings (SSSR count). The van der Waals surface area contributed by atoms with Crippen molar-refractivity contribution in [2.45, 2.75) is 29.6 Å². The van der Waals surface area contributed by atoms with Gasteiger partial charge in [0.15, 0.2) is 10.6 Å². The lowest BCUT2D eigenvalue weighted by molar-refractivity contribution is -0.159. The van der Waals surface area contributed by atoms with Gasteiger partial charge in [0.05, 0.1) is 35.5 Å². The number of halogens is 6. The van der Waals surface area contributed by atoms with E-state index in [1.54, 1.807) is 29.2 Å². The highest BCUT2D eigenvalue weighted by atomic mass is 35.5. The maximum atomic E-state index is 14.4. The van der Waals surface area contributed by atoms with Gasteiger partial charge in [0.25, 0.3) is 0 Å². The molecule has 1 atom stereocenters. The van der Waals surface area contributed by atoms with Gasteiger partial charge in [-0.3, -0.25) is 0 Å². The number of anilines is 1. The Kier molecular flexibility index (Phi) is 6.37. The molecule has 202 valence electrons. The molecule has 12 heteroatoms. The predicted molar refractivity (Wildman–Crippen MR) is 143 cm³/mol. The van der Waals surface area contributed by atoms with Crippen molar-refractivity contribution in [2.75, 3.05) is 18.4 Å². The molecule has 1 N–H and O–H groups in total. The van der Waals surface area contributed by atoms with Gasteiger partial charge in [0.1, 0.15) is 5.60 Å². The number of carbonyl (C=O) groups is 1. The fourth-order valence-corrected chi connectivity index (χ4v) is 6.63. The smallest absolute Gasteiger partial charge is 0.362 e. The lowest BCUT2D eigenvalue weighted by atomic mass is 9.83. The molecule has 0 bridgehead atoms. The van der Waals surface area contributed by atoms with E-state index in [4.69, 9.17) is 27.9 Å². The molecule has 1 spiro atoms. The summed E-state index contributed by atoms with van der Waals surface area (Å²) in [7, 11) is 0. The molecular weight excluding hydrogens is 577 g/mol. The first-order chi connectivity index (χ1) is 18.5. The van der Waals surface area contributed by atoms with Crippen LogP contribution in [0.5, 0.6) is 0 Å². The highest BCUT2D eigenvalue weighted by Gasteiger charge is 2.60. The molecule has 0 saturated carbocycles. The molecule has 0 aliphatic carbocycles. The maximum absolute atomic E-state index is 14.4. The summed E-state index contributed by atoms with van der Waals surface area (Å²) < 4.78 is 65.1. The van der Waals surface area contributed by atoms with E-state index < -0.39 is 38.8 Å². The van der Waals surface area contributed by atoms with Crippen LogP contribution in [0.4, 0.5) is 28.0 Å². The number of carbonyl (C=O) groups excluding carboxylic acids is 1. The summed E-state index contributed by atoms with van der Waals surface area (Å²) in [5, 5.41) is 1.88. The zero-order chi connectivity index (χ0) is 27.6. The van der Waals surface area contributed by atoms with E-state index >= 15 is 0 Å². The van der Waals surface area contributed by atoms with Crippen molar-refractivity contribution in [3.63, 3.8) is 0 Å². The molecule has 0 radical (unpaired) electrons. The molecule has 3 aromatic carbocycles. The van der Waals surface area contributed by atoms with Crippen LogP contribution in [0.3, 0.4) is 0 Å². The van der Waals surface area contributed by atoms with Crippen LogP contribution < -0.4 is 5.32 Å². The van der Waals surface area contributed by atoms with Crippen molar-refractivity contribution in [1.82, 2.24) is 4.90 Å². The Morgan fingerprint density at radius 3 is 2.41 bits per heavy atom. The zero-order valence-electron chi connectivity index (χ0n) is 20.0. The van der Waals surface area contributed by atoms with Crippen LogP contribution >= 0.6 is 35.1 Å². The number of rotatable bonds is 3. The van der Waals surface area contributed by atoms with Crippen molar-refractivity contribution in [3.8, 4) is 0 Å². The molecule has 3 aliphatic heterocycles. The third-order valence-corrected chi connectivity index (χ3v) is 9.06. The van der Waals surface area contributed by atoms with E-state index in [1.807, 2.05) is 24.3 Å². The zero-order valence-corrected chi connectivity index (χ0v) is 22.3. The predicted octanol–water partition coefficient (Wildman–Crippen LogP) is 7.70. The lowest BCUT2D eigenvalue weighted by Gasteiger charge is -2.47. The van der Waals surface area contributed by atoms with Crippen LogP contribution in [0.15, 0.2) is 65.1 Å². The minimum absolute atomic E-state index is 0.234. The van der Waals surface area contributed by atoms with Gasteiger partial charge in [-0.25, -0.2) is 13.6 Å². The molecule has 3 aliphatic rings. The van der Waals surface area contributed by atoms with Crippen LogP contribution in [0, 0.1) is 5.82 Å². The SMILES string of the molecule is O=C(Nc1ccccc1)N1CC2(C1)OCc1cc(C3=NSC(c4cc(Cl)c(F)c(Cl)c4)(C(F)(F)F)C3)ccc12. The van der Waals surface area contributed by atoms with E-state index in [2.05, 4.69) is 9.71 Å². The number of nitrogens with zero attached hydrogens (tertiary/aromatic N) is 2. The Morgan fingerprint density at radius 1 is 1.05 bits per heavy atom. The molecule has 0 aromatic heterocycles. The van der Waals surface area contributed by atoms with Crippen LogP contribution in [0.2, 0.25) is 10.0 Å². The summed E-state index contributed by atoms with van der Waals surface area (Å²) in [6.07, 6.45) is -5.19. The Labute approximate surface area is 235 Å². The van der Waals surface area contributed by atoms with Gasteiger partial charge in [0, 0.05) is 12.1 Å². The van der Waals surface area contributed by atoms with E-state index in [9.17, 15) is 22.4 Å². The quantitative estimate of drug-likeness (QED) is 0.192. The second-order valence-electron chi connectivity index (χ2n) is 9.69. The highest BCUT2D eigenvalue weighted by Crippen LogP contribution is 2.57. The molecule has 1 saturated heterocycles. The number of benzene rings is 3. The summed E-state index contributed by atoms with van der Waals surface area (Å²) >= 11 is 12.0. The first-order valence-electron chi connectivity index (χ1n) is 11.9. The summed E-state index contributed by atoms with van der Waals surface area (Å²) in [5.41, 5.74) is 2.30. The van der Waals surface area contributed by atoms with Crippen LogP contribution in [-0.4, -0.2) is 35.9 Å². The van der Waals surface area contributed by atoms with E-state index in [1.165, 1.54) is 0 Å². The normalized spacial score (nSPS) is 21.5.